The molecule has 0 radical (unpaired) electrons. The molecule has 0 amide bonds. The van der Waals surface area contributed by atoms with Crippen LogP contribution in [0, 0.1) is 12.3 Å². The first-order chi connectivity index (χ1) is 6.72. The Balaban J connectivity index is 2.47. The maximum absolute atomic E-state index is 11.0. The van der Waals surface area contributed by atoms with E-state index >= 15 is 0 Å². The monoisotopic (exact) mass is 190 g/mol. The Labute approximate surface area is 82.6 Å². The molecule has 0 saturated heterocycles. The van der Waals surface area contributed by atoms with Crippen molar-refractivity contribution in [1.82, 2.24) is 0 Å². The number of benzene rings is 1. The molecule has 72 valence electrons. The normalized spacial score (nSPS) is 11.1. The van der Waals surface area contributed by atoms with Crippen molar-refractivity contribution in [1.29, 1.82) is 0 Å². The van der Waals surface area contributed by atoms with Gasteiger partial charge in [0, 0.05) is 0 Å². The molecule has 0 spiro atoms. The summed E-state index contributed by atoms with van der Waals surface area (Å²) >= 11 is 0. The fraction of sp³-hybridized carbons (Fsp3) is 0.182. The van der Waals surface area contributed by atoms with Crippen molar-refractivity contribution >= 4 is 6.16 Å². The third-order valence-corrected chi connectivity index (χ3v) is 1.45. The molecule has 1 rings (SSSR count). The first-order valence-corrected chi connectivity index (χ1v) is 4.12. The lowest BCUT2D eigenvalue weighted by atomic mass is 10.3. The predicted octanol–water partition coefficient (Wildman–Crippen LogP) is 2.22. The van der Waals surface area contributed by atoms with Crippen LogP contribution in [0.1, 0.15) is 6.92 Å². The maximum Gasteiger partial charge on any atom is 0.515 e. The molecule has 1 unspecified atom stereocenters. The zero-order valence-electron chi connectivity index (χ0n) is 7.77. The van der Waals surface area contributed by atoms with E-state index in [9.17, 15) is 4.79 Å². The third-order valence-electron chi connectivity index (χ3n) is 1.45. The molecule has 1 atom stereocenters. The molecule has 0 aliphatic carbocycles. The SMILES string of the molecule is C#CC(C)OC(=O)Oc1ccccc1. The minimum Gasteiger partial charge on any atom is -0.418 e. The molecule has 0 aromatic heterocycles. The Bertz CT molecular complexity index is 337. The summed E-state index contributed by atoms with van der Waals surface area (Å²) in [6.07, 6.45) is 3.66. The number of carbonyl (C=O) groups excluding carboxylic acids is 1. The second kappa shape index (κ2) is 4.93. The summed E-state index contributed by atoms with van der Waals surface area (Å²) in [5.74, 6) is 2.69. The molecule has 0 fully saturated rings. The molecule has 3 heteroatoms. The van der Waals surface area contributed by atoms with Crippen molar-refractivity contribution in [3.05, 3.63) is 30.3 Å². The Kier molecular flexibility index (Phi) is 3.57. The van der Waals surface area contributed by atoms with Gasteiger partial charge in [-0.15, -0.1) is 6.42 Å². The number of carbonyl (C=O) groups is 1. The molecule has 0 aliphatic rings. The lowest BCUT2D eigenvalue weighted by Gasteiger charge is -2.06. The van der Waals surface area contributed by atoms with E-state index in [1.54, 1.807) is 31.2 Å². The van der Waals surface area contributed by atoms with Crippen LogP contribution in [-0.4, -0.2) is 12.3 Å². The van der Waals surface area contributed by atoms with E-state index in [1.807, 2.05) is 6.07 Å². The van der Waals surface area contributed by atoms with Crippen LogP contribution in [0.3, 0.4) is 0 Å². The minimum absolute atomic E-state index is 0.432. The Morgan fingerprint density at radius 2 is 2.07 bits per heavy atom. The number of hydrogen-bond donors (Lipinski definition) is 0. The summed E-state index contributed by atoms with van der Waals surface area (Å²) in [6.45, 7) is 1.59. The fourth-order valence-corrected chi connectivity index (χ4v) is 0.787. The highest BCUT2D eigenvalue weighted by Gasteiger charge is 2.08. The standard InChI is InChI=1S/C11H10O3/c1-3-9(2)13-11(12)14-10-7-5-4-6-8-10/h1,4-9H,2H3. The van der Waals surface area contributed by atoms with Crippen LogP contribution in [0.5, 0.6) is 5.75 Å². The number of ether oxygens (including phenoxy) is 2. The Morgan fingerprint density at radius 1 is 1.43 bits per heavy atom. The van der Waals surface area contributed by atoms with Gasteiger partial charge in [0.05, 0.1) is 0 Å². The Hall–Kier alpha value is -1.95. The molecule has 0 aliphatic heterocycles. The van der Waals surface area contributed by atoms with Gasteiger partial charge in [-0.1, -0.05) is 24.1 Å². The van der Waals surface area contributed by atoms with Gasteiger partial charge in [-0.05, 0) is 19.1 Å². The van der Waals surface area contributed by atoms with Crippen molar-refractivity contribution in [2.75, 3.05) is 0 Å². The van der Waals surface area contributed by atoms with Crippen LogP contribution < -0.4 is 4.74 Å². The first-order valence-electron chi connectivity index (χ1n) is 4.12. The molecule has 14 heavy (non-hydrogen) atoms. The lowest BCUT2D eigenvalue weighted by molar-refractivity contribution is 0.0853. The average molecular weight is 190 g/mol. The van der Waals surface area contributed by atoms with E-state index in [1.165, 1.54) is 0 Å². The van der Waals surface area contributed by atoms with Gasteiger partial charge in [-0.25, -0.2) is 4.79 Å². The van der Waals surface area contributed by atoms with Crippen LogP contribution in [-0.2, 0) is 4.74 Å². The summed E-state index contributed by atoms with van der Waals surface area (Å²) in [4.78, 5) is 11.0. The van der Waals surface area contributed by atoms with E-state index in [0.717, 1.165) is 0 Å². The van der Waals surface area contributed by atoms with Gasteiger partial charge in [0.2, 0.25) is 0 Å². The molecular weight excluding hydrogens is 180 g/mol. The molecular formula is C11H10O3. The summed E-state index contributed by atoms with van der Waals surface area (Å²) in [5.41, 5.74) is 0. The van der Waals surface area contributed by atoms with Gasteiger partial charge in [0.1, 0.15) is 5.75 Å². The quantitative estimate of drug-likeness (QED) is 0.407. The minimum atomic E-state index is -0.790. The molecule has 1 aromatic carbocycles. The van der Waals surface area contributed by atoms with E-state index in [4.69, 9.17) is 15.9 Å². The van der Waals surface area contributed by atoms with Crippen LogP contribution >= 0.6 is 0 Å². The number of para-hydroxylation sites is 1. The van der Waals surface area contributed by atoms with Gasteiger partial charge in [0.25, 0.3) is 0 Å². The summed E-state index contributed by atoms with van der Waals surface area (Å²) < 4.78 is 9.54. The van der Waals surface area contributed by atoms with Gasteiger partial charge < -0.3 is 9.47 Å². The fourth-order valence-electron chi connectivity index (χ4n) is 0.787. The number of hydrogen-bond acceptors (Lipinski definition) is 3. The summed E-state index contributed by atoms with van der Waals surface area (Å²) in [5, 5.41) is 0. The average Bonchev–Trinajstić information content (AvgIpc) is 2.19. The van der Waals surface area contributed by atoms with Crippen molar-refractivity contribution in [2.24, 2.45) is 0 Å². The van der Waals surface area contributed by atoms with Crippen LogP contribution in [0.15, 0.2) is 30.3 Å². The largest absolute Gasteiger partial charge is 0.515 e. The smallest absolute Gasteiger partial charge is 0.418 e. The third kappa shape index (κ3) is 3.20. The van der Waals surface area contributed by atoms with E-state index in [2.05, 4.69) is 5.92 Å². The highest BCUT2D eigenvalue weighted by atomic mass is 16.7. The molecule has 0 bridgehead atoms. The molecule has 0 N–H and O–H groups in total. The van der Waals surface area contributed by atoms with Gasteiger partial charge in [0.15, 0.2) is 6.10 Å². The highest BCUT2D eigenvalue weighted by Crippen LogP contribution is 2.09. The zero-order valence-corrected chi connectivity index (χ0v) is 7.77. The molecule has 1 aromatic rings. The topological polar surface area (TPSA) is 35.5 Å². The first kappa shape index (κ1) is 10.1. The maximum atomic E-state index is 11.0. The predicted molar refractivity (Wildman–Crippen MR) is 51.8 cm³/mol. The van der Waals surface area contributed by atoms with Crippen molar-refractivity contribution < 1.29 is 14.3 Å². The molecule has 3 nitrogen and oxygen atoms in total. The molecule has 0 saturated carbocycles. The zero-order chi connectivity index (χ0) is 10.4. The van der Waals surface area contributed by atoms with E-state index in [-0.39, 0.29) is 0 Å². The number of terminal acetylenes is 1. The number of rotatable bonds is 2. The Morgan fingerprint density at radius 3 is 2.64 bits per heavy atom. The van der Waals surface area contributed by atoms with Crippen molar-refractivity contribution in [3.8, 4) is 18.1 Å². The van der Waals surface area contributed by atoms with Gasteiger partial charge in [-0.2, -0.15) is 0 Å². The molecule has 0 heterocycles. The lowest BCUT2D eigenvalue weighted by Crippen LogP contribution is -2.16. The van der Waals surface area contributed by atoms with Crippen molar-refractivity contribution in [2.45, 2.75) is 13.0 Å². The van der Waals surface area contributed by atoms with Crippen LogP contribution in [0.4, 0.5) is 4.79 Å². The second-order valence-electron chi connectivity index (χ2n) is 2.59. The van der Waals surface area contributed by atoms with E-state index in [0.29, 0.717) is 5.75 Å². The van der Waals surface area contributed by atoms with Crippen LogP contribution in [0.25, 0.3) is 0 Å². The van der Waals surface area contributed by atoms with E-state index < -0.39 is 12.3 Å². The van der Waals surface area contributed by atoms with Gasteiger partial charge in [-0.3, -0.25) is 0 Å². The summed E-state index contributed by atoms with van der Waals surface area (Å²) in [7, 11) is 0. The summed E-state index contributed by atoms with van der Waals surface area (Å²) in [6, 6.07) is 8.65. The second-order valence-corrected chi connectivity index (χ2v) is 2.59. The highest BCUT2D eigenvalue weighted by molar-refractivity contribution is 5.64. The van der Waals surface area contributed by atoms with Gasteiger partial charge >= 0.3 is 6.16 Å². The van der Waals surface area contributed by atoms with Crippen LogP contribution in [0.2, 0.25) is 0 Å². The van der Waals surface area contributed by atoms with Crippen molar-refractivity contribution in [3.63, 3.8) is 0 Å².